The number of halogens is 1. The number of amides is 2. The van der Waals surface area contributed by atoms with Gasteiger partial charge in [0, 0.05) is 7.05 Å². The smallest absolute Gasteiger partial charge is 0.326 e. The average molecular weight is 265 g/mol. The Kier molecular flexibility index (Phi) is 6.57. The molecule has 2 N–H and O–H groups in total. The Morgan fingerprint density at radius 2 is 1.88 bits per heavy atom. The average Bonchev–Trinajstić information content (AvgIpc) is 2.23. The second-order valence-corrected chi connectivity index (χ2v) is 4.21. The second kappa shape index (κ2) is 7.11. The highest BCUT2D eigenvalue weighted by Gasteiger charge is 2.29. The minimum Gasteiger partial charge on any atom is -0.480 e. The number of rotatable bonds is 6. The zero-order valence-electron chi connectivity index (χ0n) is 10.1. The zero-order valence-corrected chi connectivity index (χ0v) is 10.8. The van der Waals surface area contributed by atoms with Crippen molar-refractivity contribution in [1.29, 1.82) is 0 Å². The van der Waals surface area contributed by atoms with E-state index >= 15 is 0 Å². The van der Waals surface area contributed by atoms with E-state index < -0.39 is 23.8 Å². The van der Waals surface area contributed by atoms with Gasteiger partial charge in [0.15, 0.2) is 0 Å². The molecule has 7 heteroatoms. The van der Waals surface area contributed by atoms with Crippen LogP contribution in [0, 0.1) is 5.92 Å². The van der Waals surface area contributed by atoms with Gasteiger partial charge in [-0.3, -0.25) is 9.59 Å². The third-order valence-corrected chi connectivity index (χ3v) is 2.50. The molecular weight excluding hydrogens is 248 g/mol. The third kappa shape index (κ3) is 5.04. The van der Waals surface area contributed by atoms with Crippen molar-refractivity contribution in [3.8, 4) is 0 Å². The Bertz CT molecular complexity index is 307. The molecule has 0 bridgehead atoms. The van der Waals surface area contributed by atoms with Crippen LogP contribution in [0.3, 0.4) is 0 Å². The fraction of sp³-hybridized carbons (Fsp3) is 0.700. The van der Waals surface area contributed by atoms with Gasteiger partial charge in [0.05, 0.1) is 6.54 Å². The van der Waals surface area contributed by atoms with Crippen LogP contribution < -0.4 is 5.32 Å². The number of nitrogens with one attached hydrogen (secondary N) is 1. The number of carbonyl (C=O) groups excluding carboxylic acids is 2. The molecule has 0 aliphatic carbocycles. The number of hydrogen-bond acceptors (Lipinski definition) is 3. The fourth-order valence-corrected chi connectivity index (χ4v) is 1.49. The summed E-state index contributed by atoms with van der Waals surface area (Å²) in [6.07, 6.45) is 0. The lowest BCUT2D eigenvalue weighted by Crippen LogP contribution is -2.49. The minimum absolute atomic E-state index is 0.217. The van der Waals surface area contributed by atoms with Crippen molar-refractivity contribution in [2.75, 3.05) is 19.5 Å². The van der Waals surface area contributed by atoms with Gasteiger partial charge in [0.25, 0.3) is 0 Å². The van der Waals surface area contributed by atoms with Crippen LogP contribution in [0.1, 0.15) is 13.8 Å². The second-order valence-electron chi connectivity index (χ2n) is 3.94. The Morgan fingerprint density at radius 3 is 2.24 bits per heavy atom. The molecule has 0 aliphatic rings. The molecule has 0 spiro atoms. The highest BCUT2D eigenvalue weighted by molar-refractivity contribution is 6.27. The highest BCUT2D eigenvalue weighted by Crippen LogP contribution is 2.09. The first-order valence-corrected chi connectivity index (χ1v) is 5.65. The van der Waals surface area contributed by atoms with Crippen molar-refractivity contribution in [2.45, 2.75) is 19.9 Å². The number of carboxylic acid groups (broad SMARTS) is 1. The molecular formula is C10H17ClN2O4. The summed E-state index contributed by atoms with van der Waals surface area (Å²) < 4.78 is 0. The largest absolute Gasteiger partial charge is 0.480 e. The number of carboxylic acids is 1. The van der Waals surface area contributed by atoms with Gasteiger partial charge >= 0.3 is 5.97 Å². The number of nitrogens with zero attached hydrogens (tertiary/aromatic N) is 1. The minimum atomic E-state index is -1.07. The van der Waals surface area contributed by atoms with Gasteiger partial charge in [-0.15, -0.1) is 11.6 Å². The Balaban J connectivity index is 4.46. The fourth-order valence-electron chi connectivity index (χ4n) is 1.40. The van der Waals surface area contributed by atoms with E-state index in [0.717, 1.165) is 4.90 Å². The van der Waals surface area contributed by atoms with Crippen molar-refractivity contribution in [1.82, 2.24) is 10.2 Å². The quantitative estimate of drug-likeness (QED) is 0.657. The molecule has 0 radical (unpaired) electrons. The molecule has 0 rings (SSSR count). The van der Waals surface area contributed by atoms with Crippen molar-refractivity contribution in [3.05, 3.63) is 0 Å². The first-order chi connectivity index (χ1) is 7.81. The molecule has 0 heterocycles. The summed E-state index contributed by atoms with van der Waals surface area (Å²) in [7, 11) is 1.40. The number of carbonyl (C=O) groups is 3. The normalized spacial score (nSPS) is 12.1. The van der Waals surface area contributed by atoms with E-state index in [1.807, 2.05) is 0 Å². The van der Waals surface area contributed by atoms with Crippen LogP contribution in [-0.2, 0) is 14.4 Å². The molecule has 6 nitrogen and oxygen atoms in total. The highest BCUT2D eigenvalue weighted by atomic mass is 35.5. The maximum atomic E-state index is 11.6. The van der Waals surface area contributed by atoms with Crippen LogP contribution in [0.2, 0.25) is 0 Å². The van der Waals surface area contributed by atoms with E-state index in [2.05, 4.69) is 5.32 Å². The van der Waals surface area contributed by atoms with E-state index in [4.69, 9.17) is 16.7 Å². The van der Waals surface area contributed by atoms with Crippen molar-refractivity contribution < 1.29 is 19.5 Å². The molecule has 17 heavy (non-hydrogen) atoms. The molecule has 0 saturated heterocycles. The van der Waals surface area contributed by atoms with E-state index in [1.165, 1.54) is 7.05 Å². The van der Waals surface area contributed by atoms with E-state index in [0.29, 0.717) is 0 Å². The van der Waals surface area contributed by atoms with Gasteiger partial charge in [0.2, 0.25) is 11.8 Å². The summed E-state index contributed by atoms with van der Waals surface area (Å²) in [6.45, 7) is 3.17. The van der Waals surface area contributed by atoms with Crippen LogP contribution in [0.15, 0.2) is 0 Å². The zero-order chi connectivity index (χ0) is 13.6. The molecule has 0 aliphatic heterocycles. The lowest BCUT2D eigenvalue weighted by Gasteiger charge is -2.27. The predicted molar refractivity (Wildman–Crippen MR) is 62.8 cm³/mol. The van der Waals surface area contributed by atoms with Crippen molar-refractivity contribution in [3.63, 3.8) is 0 Å². The van der Waals surface area contributed by atoms with Gasteiger partial charge in [-0.05, 0) is 5.92 Å². The SMILES string of the molecule is CC(C)[C@@H](C(=O)O)N(C)C(=O)CNC(=O)CCl. The van der Waals surface area contributed by atoms with Gasteiger partial charge in [-0.25, -0.2) is 4.79 Å². The van der Waals surface area contributed by atoms with Crippen molar-refractivity contribution in [2.24, 2.45) is 5.92 Å². The molecule has 0 aromatic rings. The van der Waals surface area contributed by atoms with Crippen molar-refractivity contribution >= 4 is 29.4 Å². The molecule has 0 saturated carbocycles. The van der Waals surface area contributed by atoms with Crippen LogP contribution in [0.25, 0.3) is 0 Å². The maximum Gasteiger partial charge on any atom is 0.326 e. The number of alkyl halides is 1. The summed E-state index contributed by atoms with van der Waals surface area (Å²) in [5, 5.41) is 11.3. The molecule has 0 aromatic heterocycles. The molecule has 2 amide bonds. The molecule has 0 fully saturated rings. The monoisotopic (exact) mass is 264 g/mol. The lowest BCUT2D eigenvalue weighted by atomic mass is 10.0. The summed E-state index contributed by atoms with van der Waals surface area (Å²) in [4.78, 5) is 34.6. The standard InChI is InChI=1S/C10H17ClN2O4/c1-6(2)9(10(16)17)13(3)8(15)5-12-7(14)4-11/h6,9H,4-5H2,1-3H3,(H,12,14)(H,16,17)/t9-/m0/s1. The molecule has 0 aromatic carbocycles. The molecule has 98 valence electrons. The topological polar surface area (TPSA) is 86.7 Å². The van der Waals surface area contributed by atoms with Crippen LogP contribution >= 0.6 is 11.6 Å². The summed E-state index contributed by atoms with van der Waals surface area (Å²) in [6, 6.07) is -0.907. The summed E-state index contributed by atoms with van der Waals surface area (Å²) >= 11 is 5.25. The molecule has 1 atom stereocenters. The van der Waals surface area contributed by atoms with Gasteiger partial charge < -0.3 is 15.3 Å². The lowest BCUT2D eigenvalue weighted by molar-refractivity contribution is -0.150. The van der Waals surface area contributed by atoms with Gasteiger partial charge in [-0.1, -0.05) is 13.8 Å². The maximum absolute atomic E-state index is 11.6. The molecule has 0 unspecified atom stereocenters. The van der Waals surface area contributed by atoms with Gasteiger partial charge in [-0.2, -0.15) is 0 Å². The third-order valence-electron chi connectivity index (χ3n) is 2.25. The Morgan fingerprint density at radius 1 is 1.35 bits per heavy atom. The Labute approximate surface area is 105 Å². The van der Waals surface area contributed by atoms with E-state index in [-0.39, 0.29) is 18.3 Å². The van der Waals surface area contributed by atoms with Crippen LogP contribution in [0.4, 0.5) is 0 Å². The number of hydrogen-bond donors (Lipinski definition) is 2. The van der Waals surface area contributed by atoms with Crippen LogP contribution in [0.5, 0.6) is 0 Å². The van der Waals surface area contributed by atoms with E-state index in [9.17, 15) is 14.4 Å². The first-order valence-electron chi connectivity index (χ1n) is 5.12. The summed E-state index contributed by atoms with van der Waals surface area (Å²) in [5.41, 5.74) is 0. The predicted octanol–water partition coefficient (Wildman–Crippen LogP) is -0.0910. The number of aliphatic carboxylic acids is 1. The van der Waals surface area contributed by atoms with Gasteiger partial charge in [0.1, 0.15) is 11.9 Å². The van der Waals surface area contributed by atoms with E-state index in [1.54, 1.807) is 13.8 Å². The Hall–Kier alpha value is -1.30. The van der Waals surface area contributed by atoms with Crippen LogP contribution in [-0.4, -0.2) is 53.3 Å². The summed E-state index contributed by atoms with van der Waals surface area (Å²) in [5.74, 6) is -2.46. The first kappa shape index (κ1) is 15.7. The number of likely N-dealkylation sites (N-methyl/N-ethyl adjacent to an activating group) is 1.